The molecule has 2 aromatic rings. The van der Waals surface area contributed by atoms with E-state index < -0.39 is 0 Å². The highest BCUT2D eigenvalue weighted by Crippen LogP contribution is 2.21. The average molecular weight is 362 g/mol. The number of anilines is 1. The molecule has 3 amide bonds. The minimum absolute atomic E-state index is 0.00313. The summed E-state index contributed by atoms with van der Waals surface area (Å²) in [5, 5.41) is 6.11. The molecule has 0 bridgehead atoms. The van der Waals surface area contributed by atoms with Gasteiger partial charge in [0.15, 0.2) is 0 Å². The van der Waals surface area contributed by atoms with Crippen LogP contribution in [0.4, 0.5) is 10.5 Å². The third kappa shape index (κ3) is 4.54. The van der Waals surface area contributed by atoms with E-state index in [-0.39, 0.29) is 11.9 Å². The fraction of sp³-hybridized carbons (Fsp3) is 0.333. The maximum Gasteiger partial charge on any atom is 0.319 e. The summed E-state index contributed by atoms with van der Waals surface area (Å²) in [5.74, 6) is 0.349. The molecule has 132 valence electrons. The Morgan fingerprint density at radius 1 is 1.20 bits per heavy atom. The number of rotatable bonds is 4. The Bertz CT molecular complexity index is 725. The van der Waals surface area contributed by atoms with E-state index in [2.05, 4.69) is 10.6 Å². The average Bonchev–Trinajstić information content (AvgIpc) is 3.16. The number of carbonyl (C=O) groups excluding carboxylic acids is 2. The summed E-state index contributed by atoms with van der Waals surface area (Å²) in [5.41, 5.74) is 1.16. The summed E-state index contributed by atoms with van der Waals surface area (Å²) < 4.78 is 4.96. The molecule has 25 heavy (non-hydrogen) atoms. The molecular formula is C18H20ClN3O3. The second kappa shape index (κ2) is 8.07. The number of para-hydroxylation sites is 1. The van der Waals surface area contributed by atoms with Crippen molar-refractivity contribution in [1.82, 2.24) is 10.2 Å². The fourth-order valence-corrected chi connectivity index (χ4v) is 3.06. The van der Waals surface area contributed by atoms with E-state index in [1.165, 1.54) is 12.5 Å². The Labute approximate surface area is 151 Å². The topological polar surface area (TPSA) is 74.6 Å². The lowest BCUT2D eigenvalue weighted by molar-refractivity contribution is 0.0690. The monoisotopic (exact) mass is 361 g/mol. The normalized spacial score (nSPS) is 15.0. The molecule has 0 radical (unpaired) electrons. The summed E-state index contributed by atoms with van der Waals surface area (Å²) in [7, 11) is 0. The molecule has 2 N–H and O–H groups in total. The number of urea groups is 1. The molecule has 7 heteroatoms. The molecule has 1 aliphatic heterocycles. The molecule has 6 nitrogen and oxygen atoms in total. The molecule has 0 atom stereocenters. The molecule has 0 aliphatic carbocycles. The van der Waals surface area contributed by atoms with Crippen LogP contribution in [0.15, 0.2) is 47.3 Å². The molecule has 3 rings (SSSR count). The van der Waals surface area contributed by atoms with Crippen LogP contribution < -0.4 is 10.6 Å². The lowest BCUT2D eigenvalue weighted by atomic mass is 9.96. The van der Waals surface area contributed by atoms with Gasteiger partial charge in [0.05, 0.1) is 22.5 Å². The Kier molecular flexibility index (Phi) is 5.60. The maximum atomic E-state index is 12.2. The van der Waals surface area contributed by atoms with Crippen molar-refractivity contribution < 1.29 is 14.0 Å². The second-order valence-electron chi connectivity index (χ2n) is 6.06. The third-order valence-corrected chi connectivity index (χ3v) is 4.67. The maximum absolute atomic E-state index is 12.2. The molecule has 1 aliphatic rings. The molecule has 1 fully saturated rings. The van der Waals surface area contributed by atoms with E-state index in [0.29, 0.717) is 41.8 Å². The van der Waals surface area contributed by atoms with Gasteiger partial charge in [-0.25, -0.2) is 4.79 Å². The first-order valence-electron chi connectivity index (χ1n) is 8.24. The van der Waals surface area contributed by atoms with Crippen LogP contribution in [0.5, 0.6) is 0 Å². The SMILES string of the molecule is O=C(NCC1CCN(C(=O)c2ccoc2)CC1)Nc1ccccc1Cl. The van der Waals surface area contributed by atoms with E-state index in [1.54, 1.807) is 18.2 Å². The summed E-state index contributed by atoms with van der Waals surface area (Å²) in [6.45, 7) is 1.94. The number of benzene rings is 1. The highest BCUT2D eigenvalue weighted by atomic mass is 35.5. The van der Waals surface area contributed by atoms with E-state index in [0.717, 1.165) is 12.8 Å². The van der Waals surface area contributed by atoms with Crippen LogP contribution in [-0.4, -0.2) is 36.5 Å². The number of piperidine rings is 1. The zero-order valence-electron chi connectivity index (χ0n) is 13.7. The smallest absolute Gasteiger partial charge is 0.319 e. The number of likely N-dealkylation sites (tertiary alicyclic amines) is 1. The lowest BCUT2D eigenvalue weighted by Gasteiger charge is -2.31. The molecule has 1 aromatic heterocycles. The number of amides is 3. The van der Waals surface area contributed by atoms with Gasteiger partial charge in [-0.15, -0.1) is 0 Å². The van der Waals surface area contributed by atoms with Crippen LogP contribution >= 0.6 is 11.6 Å². The predicted octanol–water partition coefficient (Wildman–Crippen LogP) is 3.61. The zero-order valence-corrected chi connectivity index (χ0v) is 14.5. The molecule has 0 spiro atoms. The predicted molar refractivity (Wildman–Crippen MR) is 95.8 cm³/mol. The first-order chi connectivity index (χ1) is 12.1. The number of nitrogens with zero attached hydrogens (tertiary/aromatic N) is 1. The number of halogens is 1. The standard InChI is InChI=1S/C18H20ClN3O3/c19-15-3-1-2-4-16(15)21-18(24)20-11-13-5-8-22(9-6-13)17(23)14-7-10-25-12-14/h1-4,7,10,12-13H,5-6,8-9,11H2,(H2,20,21,24). The van der Waals surface area contributed by atoms with Gasteiger partial charge in [-0.05, 0) is 37.0 Å². The highest BCUT2D eigenvalue weighted by molar-refractivity contribution is 6.33. The Morgan fingerprint density at radius 3 is 2.64 bits per heavy atom. The third-order valence-electron chi connectivity index (χ3n) is 4.34. The van der Waals surface area contributed by atoms with E-state index in [9.17, 15) is 9.59 Å². The van der Waals surface area contributed by atoms with Crippen LogP contribution in [0.1, 0.15) is 23.2 Å². The number of carbonyl (C=O) groups is 2. The van der Waals surface area contributed by atoms with Gasteiger partial charge in [0.2, 0.25) is 0 Å². The zero-order chi connectivity index (χ0) is 17.6. The van der Waals surface area contributed by atoms with Crippen molar-refractivity contribution >= 4 is 29.2 Å². The molecule has 0 saturated carbocycles. The van der Waals surface area contributed by atoms with Crippen LogP contribution in [0.25, 0.3) is 0 Å². The Morgan fingerprint density at radius 2 is 1.96 bits per heavy atom. The second-order valence-corrected chi connectivity index (χ2v) is 6.47. The van der Waals surface area contributed by atoms with Crippen molar-refractivity contribution in [3.8, 4) is 0 Å². The first-order valence-corrected chi connectivity index (χ1v) is 8.62. The summed E-state index contributed by atoms with van der Waals surface area (Å²) >= 11 is 6.02. The Balaban J connectivity index is 1.41. The number of hydrogen-bond acceptors (Lipinski definition) is 3. The summed E-state index contributed by atoms with van der Waals surface area (Å²) in [4.78, 5) is 26.0. The van der Waals surface area contributed by atoms with Gasteiger partial charge in [-0.3, -0.25) is 4.79 Å². The van der Waals surface area contributed by atoms with Crippen LogP contribution in [0.2, 0.25) is 5.02 Å². The fourth-order valence-electron chi connectivity index (χ4n) is 2.88. The van der Waals surface area contributed by atoms with Gasteiger partial charge >= 0.3 is 6.03 Å². The van der Waals surface area contributed by atoms with Crippen molar-refractivity contribution in [2.75, 3.05) is 25.0 Å². The number of hydrogen-bond donors (Lipinski definition) is 2. The lowest BCUT2D eigenvalue weighted by Crippen LogP contribution is -2.42. The Hall–Kier alpha value is -2.47. The van der Waals surface area contributed by atoms with Crippen LogP contribution in [0, 0.1) is 5.92 Å². The first kappa shape index (κ1) is 17.4. The molecule has 0 unspecified atom stereocenters. The van der Waals surface area contributed by atoms with Gasteiger partial charge in [-0.1, -0.05) is 23.7 Å². The van der Waals surface area contributed by atoms with Crippen molar-refractivity contribution in [3.63, 3.8) is 0 Å². The highest BCUT2D eigenvalue weighted by Gasteiger charge is 2.24. The van der Waals surface area contributed by atoms with Crippen molar-refractivity contribution in [2.24, 2.45) is 5.92 Å². The van der Waals surface area contributed by atoms with Crippen molar-refractivity contribution in [2.45, 2.75) is 12.8 Å². The van der Waals surface area contributed by atoms with Crippen LogP contribution in [0.3, 0.4) is 0 Å². The molecule has 1 aromatic carbocycles. The van der Waals surface area contributed by atoms with Gasteiger partial charge in [-0.2, -0.15) is 0 Å². The van der Waals surface area contributed by atoms with Crippen molar-refractivity contribution in [1.29, 1.82) is 0 Å². The van der Waals surface area contributed by atoms with Gasteiger partial charge < -0.3 is 20.0 Å². The van der Waals surface area contributed by atoms with Crippen LogP contribution in [-0.2, 0) is 0 Å². The van der Waals surface area contributed by atoms with Gasteiger partial charge in [0, 0.05) is 19.6 Å². The van der Waals surface area contributed by atoms with Gasteiger partial charge in [0.1, 0.15) is 6.26 Å². The molecule has 1 saturated heterocycles. The summed E-state index contributed by atoms with van der Waals surface area (Å²) in [6, 6.07) is 8.50. The van der Waals surface area contributed by atoms with E-state index >= 15 is 0 Å². The van der Waals surface area contributed by atoms with Crippen molar-refractivity contribution in [3.05, 3.63) is 53.4 Å². The minimum atomic E-state index is -0.273. The van der Waals surface area contributed by atoms with E-state index in [4.69, 9.17) is 16.0 Å². The quantitative estimate of drug-likeness (QED) is 0.873. The van der Waals surface area contributed by atoms with Gasteiger partial charge in [0.25, 0.3) is 5.91 Å². The number of furan rings is 1. The number of nitrogens with one attached hydrogen (secondary N) is 2. The largest absolute Gasteiger partial charge is 0.472 e. The summed E-state index contributed by atoms with van der Waals surface area (Å²) in [6.07, 6.45) is 4.68. The van der Waals surface area contributed by atoms with E-state index in [1.807, 2.05) is 17.0 Å². The minimum Gasteiger partial charge on any atom is -0.472 e. The molecule has 2 heterocycles. The molecular weight excluding hydrogens is 342 g/mol.